The predicted octanol–water partition coefficient (Wildman–Crippen LogP) is -11.9. The summed E-state index contributed by atoms with van der Waals surface area (Å²) in [7, 11) is 0. The summed E-state index contributed by atoms with van der Waals surface area (Å²) in [6.45, 7) is 0. The molecular weight excluding hydrogens is 462 g/mol. The molecule has 0 heterocycles. The van der Waals surface area contributed by atoms with Crippen LogP contribution in [0.1, 0.15) is 0 Å². The van der Waals surface area contributed by atoms with Gasteiger partial charge in [-0.15, -0.1) is 0 Å². The molecule has 0 aliphatic rings. The number of halogens is 2. The summed E-state index contributed by atoms with van der Waals surface area (Å²) < 4.78 is 48.9. The fourth-order valence-electron chi connectivity index (χ4n) is 0. The maximum absolute atomic E-state index is 8.68. The first-order valence-corrected chi connectivity index (χ1v) is 6.41. The normalized spacial score (nSPS) is 8.00. The summed E-state index contributed by atoms with van der Waals surface area (Å²) >= 11 is -7.53. The van der Waals surface area contributed by atoms with E-state index in [-0.39, 0.29) is 27.3 Å². The summed E-state index contributed by atoms with van der Waals surface area (Å²) in [6, 6.07) is 0. The van der Waals surface area contributed by atoms with E-state index in [1.54, 1.807) is 0 Å². The fraction of sp³-hybridized carbons (Fsp3) is 0. The van der Waals surface area contributed by atoms with Crippen molar-refractivity contribution in [1.82, 2.24) is 0 Å². The standard InChI is InChI=1S/Cd.2HIO3/c;2*2-1(3)4/h;2*2H. The zero-order valence-corrected chi connectivity index (χ0v) is 12.3. The van der Waals surface area contributed by atoms with Gasteiger partial charge in [0.15, 0.2) is 0 Å². The van der Waals surface area contributed by atoms with Gasteiger partial charge >= 0.3 is 42.1 Å². The molecule has 54 valence electrons. The van der Waals surface area contributed by atoms with Gasteiger partial charge in [0, 0.05) is 27.3 Å². The molecule has 0 bridgehead atoms. The Labute approximate surface area is 88.8 Å². The van der Waals surface area contributed by atoms with E-state index in [1.807, 2.05) is 0 Å². The van der Waals surface area contributed by atoms with Gasteiger partial charge in [0.25, 0.3) is 0 Å². The minimum absolute atomic E-state index is 0. The van der Waals surface area contributed by atoms with Crippen molar-refractivity contribution in [3.8, 4) is 0 Å². The van der Waals surface area contributed by atoms with Crippen molar-refractivity contribution in [2.75, 3.05) is 0 Å². The Morgan fingerprint density at radius 3 is 0.778 bits per heavy atom. The molecule has 0 amide bonds. The molecule has 0 radical (unpaired) electrons. The Morgan fingerprint density at radius 2 is 0.778 bits per heavy atom. The summed E-state index contributed by atoms with van der Waals surface area (Å²) in [4.78, 5) is 0. The second-order valence-corrected chi connectivity index (χ2v) is 2.70. The van der Waals surface area contributed by atoms with Crippen LogP contribution in [0, 0.1) is 0 Å². The maximum atomic E-state index is 8.68. The Kier molecular flexibility index (Phi) is 24.6. The summed E-state index contributed by atoms with van der Waals surface area (Å²) in [6.07, 6.45) is 0. The van der Waals surface area contributed by atoms with Crippen LogP contribution in [0.2, 0.25) is 0 Å². The topological polar surface area (TPSA) is 133 Å². The Morgan fingerprint density at radius 1 is 0.778 bits per heavy atom. The van der Waals surface area contributed by atoms with E-state index in [0.29, 0.717) is 0 Å². The third-order valence-corrected chi connectivity index (χ3v) is 0. The van der Waals surface area contributed by atoms with Crippen molar-refractivity contribution in [2.45, 2.75) is 0 Å². The molecule has 0 saturated carbocycles. The molecule has 9 heteroatoms. The molecule has 0 aromatic carbocycles. The van der Waals surface area contributed by atoms with Crippen molar-refractivity contribution in [1.29, 1.82) is 0 Å². The van der Waals surface area contributed by atoms with Crippen LogP contribution in [-0.2, 0) is 27.3 Å². The zero-order chi connectivity index (χ0) is 7.15. The van der Waals surface area contributed by atoms with E-state index in [4.69, 9.17) is 20.6 Å². The predicted molar refractivity (Wildman–Crippen MR) is 4.44 cm³/mol. The maximum Gasteiger partial charge on any atom is 0.503 e. The molecular formula is H2CdI2O6. The minimum atomic E-state index is -3.76. The van der Waals surface area contributed by atoms with Crippen molar-refractivity contribution >= 4 is 0 Å². The average Bonchev–Trinajstić information content (AvgIpc) is 1.25. The fourth-order valence-corrected chi connectivity index (χ4v) is 0. The molecule has 0 aromatic rings. The Hall–Kier alpha value is 2.14. The first-order valence-electron chi connectivity index (χ1n) is 0.955. The largest absolute Gasteiger partial charge is 0.503 e. The molecule has 9 heavy (non-hydrogen) atoms. The van der Waals surface area contributed by atoms with Crippen molar-refractivity contribution in [2.24, 2.45) is 0 Å². The van der Waals surface area contributed by atoms with Gasteiger partial charge in [0.05, 0.1) is 0 Å². The smallest absolute Gasteiger partial charge is 0.396 e. The zero-order valence-electron chi connectivity index (χ0n) is 3.99. The van der Waals surface area contributed by atoms with Crippen LogP contribution in [0.15, 0.2) is 0 Å². The molecule has 0 aliphatic heterocycles. The van der Waals surface area contributed by atoms with E-state index < -0.39 is 42.1 Å². The van der Waals surface area contributed by atoms with Crippen LogP contribution in [0.3, 0.4) is 0 Å². The van der Waals surface area contributed by atoms with Crippen LogP contribution >= 0.6 is 0 Å². The van der Waals surface area contributed by atoms with Gasteiger partial charge < -0.3 is 13.7 Å². The second kappa shape index (κ2) is 12.8. The molecule has 0 atom stereocenters. The summed E-state index contributed by atoms with van der Waals surface area (Å²) in [5.74, 6) is 0. The molecule has 0 unspecified atom stereocenters. The van der Waals surface area contributed by atoms with Gasteiger partial charge in [-0.1, -0.05) is 0 Å². The third-order valence-electron chi connectivity index (χ3n) is 0. The van der Waals surface area contributed by atoms with Crippen LogP contribution in [0.5, 0.6) is 0 Å². The van der Waals surface area contributed by atoms with Gasteiger partial charge in [0.2, 0.25) is 0 Å². The number of rotatable bonds is 0. The van der Waals surface area contributed by atoms with Crippen molar-refractivity contribution in [3.63, 3.8) is 0 Å². The van der Waals surface area contributed by atoms with Gasteiger partial charge in [0.1, 0.15) is 0 Å². The first kappa shape index (κ1) is 17.3. The third kappa shape index (κ3) is 147. The van der Waals surface area contributed by atoms with Gasteiger partial charge in [-0.05, 0) is 6.87 Å². The van der Waals surface area contributed by atoms with E-state index >= 15 is 0 Å². The van der Waals surface area contributed by atoms with Gasteiger partial charge in [-0.3, -0.25) is 0 Å². The second-order valence-electron chi connectivity index (χ2n) is 0.402. The minimum Gasteiger partial charge on any atom is -0.396 e. The first-order chi connectivity index (χ1) is 3.46. The molecule has 0 spiro atoms. The van der Waals surface area contributed by atoms with Crippen molar-refractivity contribution in [3.05, 3.63) is 0 Å². The molecule has 6 nitrogen and oxygen atoms in total. The van der Waals surface area contributed by atoms with E-state index in [9.17, 15) is 0 Å². The molecule has 0 aliphatic carbocycles. The van der Waals surface area contributed by atoms with Gasteiger partial charge in [-0.2, -0.15) is 0 Å². The molecule has 0 saturated heterocycles. The monoisotopic (exact) mass is 466 g/mol. The van der Waals surface area contributed by atoms with E-state index in [0.717, 1.165) is 0 Å². The summed E-state index contributed by atoms with van der Waals surface area (Å²) in [5.41, 5.74) is 0. The van der Waals surface area contributed by atoms with Crippen LogP contribution in [-0.4, -0.2) is 6.87 Å². The molecule has 2 N–H and O–H groups in total. The molecule has 0 rings (SSSR count). The van der Waals surface area contributed by atoms with Crippen molar-refractivity contribution < 1.29 is 90.0 Å². The van der Waals surface area contributed by atoms with Crippen LogP contribution in [0.4, 0.5) is 0 Å². The average molecular weight is 464 g/mol. The van der Waals surface area contributed by atoms with Crippen LogP contribution < -0.4 is 55.9 Å². The molecule has 0 aromatic heterocycles. The number of hydrogen-bond donors (Lipinski definition) is 2. The Balaban J connectivity index is -0.0000000720. The van der Waals surface area contributed by atoms with Crippen LogP contribution in [0.25, 0.3) is 0 Å². The number of hydrogen-bond acceptors (Lipinski definition) is 6. The van der Waals surface area contributed by atoms with E-state index in [2.05, 4.69) is 0 Å². The van der Waals surface area contributed by atoms with Gasteiger partial charge in [-0.25, -0.2) is 0 Å². The SMILES string of the molecule is [Cd].[O-][I+2]([O-])O.[O-][I+2]([O-])O. The Bertz CT molecular complexity index is 26.5. The molecule has 0 fully saturated rings. The quantitative estimate of drug-likeness (QED) is 0.270. The van der Waals surface area contributed by atoms with E-state index in [1.165, 1.54) is 0 Å². The summed E-state index contributed by atoms with van der Waals surface area (Å²) in [5, 5.41) is 0.